The fourth-order valence-corrected chi connectivity index (χ4v) is 3.61. The molecule has 1 unspecified atom stereocenters. The van der Waals surface area contributed by atoms with Gasteiger partial charge in [0.05, 0.1) is 24.6 Å². The van der Waals surface area contributed by atoms with E-state index in [9.17, 15) is 13.2 Å². The van der Waals surface area contributed by atoms with E-state index < -0.39 is 16.1 Å². The first-order chi connectivity index (χ1) is 13.1. The predicted molar refractivity (Wildman–Crippen MR) is 113 cm³/mol. The maximum absolute atomic E-state index is 12.3. The SMILES string of the molecule is CCS(=O)(=O)Nc1ccc(NC(=O)NC(C)c2ccc(Cl)cc2Cl)cc1OC. The molecule has 2 rings (SSSR count). The third-order valence-corrected chi connectivity index (χ3v) is 5.73. The molecule has 152 valence electrons. The van der Waals surface area contributed by atoms with Gasteiger partial charge in [-0.05, 0) is 43.7 Å². The normalized spacial score (nSPS) is 12.2. The Morgan fingerprint density at radius 2 is 1.89 bits per heavy atom. The summed E-state index contributed by atoms with van der Waals surface area (Å²) in [6, 6.07) is 8.83. The lowest BCUT2D eigenvalue weighted by molar-refractivity contribution is 0.249. The molecule has 0 saturated carbocycles. The van der Waals surface area contributed by atoms with Crippen molar-refractivity contribution >= 4 is 50.6 Å². The van der Waals surface area contributed by atoms with Crippen molar-refractivity contribution in [3.05, 3.63) is 52.0 Å². The second-order valence-corrected chi connectivity index (χ2v) is 8.76. The number of sulfonamides is 1. The number of nitrogens with one attached hydrogen (secondary N) is 3. The van der Waals surface area contributed by atoms with E-state index in [1.165, 1.54) is 26.2 Å². The third-order valence-electron chi connectivity index (χ3n) is 3.88. The second kappa shape index (κ2) is 9.36. The summed E-state index contributed by atoms with van der Waals surface area (Å²) in [6.45, 7) is 3.32. The Kier molecular flexibility index (Phi) is 7.40. The Hall–Kier alpha value is -2.16. The Balaban J connectivity index is 2.09. The molecule has 0 saturated heterocycles. The maximum Gasteiger partial charge on any atom is 0.319 e. The number of anilines is 2. The van der Waals surface area contributed by atoms with Crippen molar-refractivity contribution in [3.8, 4) is 5.75 Å². The van der Waals surface area contributed by atoms with Crippen molar-refractivity contribution < 1.29 is 17.9 Å². The number of carbonyl (C=O) groups is 1. The first kappa shape index (κ1) is 22.1. The molecule has 7 nitrogen and oxygen atoms in total. The fourth-order valence-electron chi connectivity index (χ4n) is 2.39. The van der Waals surface area contributed by atoms with Gasteiger partial charge in [0.1, 0.15) is 5.75 Å². The topological polar surface area (TPSA) is 96.5 Å². The van der Waals surface area contributed by atoms with Crippen LogP contribution in [-0.4, -0.2) is 27.3 Å². The van der Waals surface area contributed by atoms with Crippen LogP contribution in [0.5, 0.6) is 5.75 Å². The molecule has 2 amide bonds. The van der Waals surface area contributed by atoms with Gasteiger partial charge in [0.15, 0.2) is 0 Å². The maximum atomic E-state index is 12.3. The number of hydrogen-bond donors (Lipinski definition) is 3. The molecule has 3 N–H and O–H groups in total. The van der Waals surface area contributed by atoms with E-state index in [-0.39, 0.29) is 23.2 Å². The fraction of sp³-hybridized carbons (Fsp3) is 0.278. The summed E-state index contributed by atoms with van der Waals surface area (Å²) in [5.41, 5.74) is 1.45. The molecule has 0 fully saturated rings. The van der Waals surface area contributed by atoms with Crippen LogP contribution in [0, 0.1) is 0 Å². The molecule has 0 heterocycles. The highest BCUT2D eigenvalue weighted by Crippen LogP contribution is 2.29. The van der Waals surface area contributed by atoms with Crippen molar-refractivity contribution in [2.24, 2.45) is 0 Å². The molecule has 0 aliphatic heterocycles. The van der Waals surface area contributed by atoms with Gasteiger partial charge in [-0.2, -0.15) is 0 Å². The van der Waals surface area contributed by atoms with Crippen LogP contribution in [0.15, 0.2) is 36.4 Å². The minimum atomic E-state index is -3.45. The number of hydrogen-bond acceptors (Lipinski definition) is 4. The van der Waals surface area contributed by atoms with Gasteiger partial charge < -0.3 is 15.4 Å². The Labute approximate surface area is 174 Å². The first-order valence-electron chi connectivity index (χ1n) is 8.36. The average Bonchev–Trinajstić information content (AvgIpc) is 2.62. The summed E-state index contributed by atoms with van der Waals surface area (Å²) < 4.78 is 31.1. The molecule has 10 heteroatoms. The second-order valence-electron chi connectivity index (χ2n) is 5.91. The van der Waals surface area contributed by atoms with E-state index in [4.69, 9.17) is 27.9 Å². The van der Waals surface area contributed by atoms with Crippen LogP contribution in [0.2, 0.25) is 10.0 Å². The first-order valence-corrected chi connectivity index (χ1v) is 10.8. The van der Waals surface area contributed by atoms with E-state index in [0.717, 1.165) is 5.56 Å². The highest BCUT2D eigenvalue weighted by molar-refractivity contribution is 7.92. The summed E-state index contributed by atoms with van der Waals surface area (Å²) in [5.74, 6) is 0.215. The molecule has 0 aliphatic carbocycles. The smallest absolute Gasteiger partial charge is 0.319 e. The number of halogens is 2. The monoisotopic (exact) mass is 445 g/mol. The number of carbonyl (C=O) groups excluding carboxylic acids is 1. The van der Waals surface area contributed by atoms with Gasteiger partial charge in [0.25, 0.3) is 0 Å². The van der Waals surface area contributed by atoms with Gasteiger partial charge in [0.2, 0.25) is 10.0 Å². The van der Waals surface area contributed by atoms with Crippen LogP contribution in [0.25, 0.3) is 0 Å². The number of urea groups is 1. The zero-order valence-electron chi connectivity index (χ0n) is 15.5. The lowest BCUT2D eigenvalue weighted by Crippen LogP contribution is -2.31. The van der Waals surface area contributed by atoms with Gasteiger partial charge in [-0.1, -0.05) is 29.3 Å². The van der Waals surface area contributed by atoms with Crippen LogP contribution < -0.4 is 20.1 Å². The summed E-state index contributed by atoms with van der Waals surface area (Å²) in [4.78, 5) is 12.3. The van der Waals surface area contributed by atoms with Crippen LogP contribution in [0.3, 0.4) is 0 Å². The van der Waals surface area contributed by atoms with Crippen molar-refractivity contribution in [2.75, 3.05) is 22.9 Å². The lowest BCUT2D eigenvalue weighted by Gasteiger charge is -2.17. The summed E-state index contributed by atoms with van der Waals surface area (Å²) in [5, 5.41) is 6.41. The molecule has 28 heavy (non-hydrogen) atoms. The van der Waals surface area contributed by atoms with Gasteiger partial charge in [-0.3, -0.25) is 4.72 Å². The molecule has 2 aromatic carbocycles. The molecular weight excluding hydrogens is 425 g/mol. The van der Waals surface area contributed by atoms with Gasteiger partial charge in [-0.15, -0.1) is 0 Å². The van der Waals surface area contributed by atoms with E-state index in [0.29, 0.717) is 15.7 Å². The van der Waals surface area contributed by atoms with E-state index >= 15 is 0 Å². The quantitative estimate of drug-likeness (QED) is 0.577. The van der Waals surface area contributed by atoms with E-state index in [2.05, 4.69) is 15.4 Å². The standard InChI is InChI=1S/C18H21Cl2N3O4S/c1-4-28(25,26)23-16-8-6-13(10-17(16)27-3)22-18(24)21-11(2)14-7-5-12(19)9-15(14)20/h5-11,23H,4H2,1-3H3,(H2,21,22,24). The molecule has 0 aliphatic rings. The Bertz CT molecular complexity index is 967. The molecular formula is C18H21Cl2N3O4S. The van der Waals surface area contributed by atoms with Gasteiger partial charge in [0, 0.05) is 21.8 Å². The summed E-state index contributed by atoms with van der Waals surface area (Å²) >= 11 is 12.0. The minimum absolute atomic E-state index is 0.0658. The van der Waals surface area contributed by atoms with Crippen LogP contribution in [0.1, 0.15) is 25.5 Å². The zero-order valence-corrected chi connectivity index (χ0v) is 17.9. The van der Waals surface area contributed by atoms with Crippen molar-refractivity contribution in [1.29, 1.82) is 0 Å². The van der Waals surface area contributed by atoms with Gasteiger partial charge >= 0.3 is 6.03 Å². The summed E-state index contributed by atoms with van der Waals surface area (Å²) in [7, 11) is -2.04. The van der Waals surface area contributed by atoms with Crippen LogP contribution >= 0.6 is 23.2 Å². The molecule has 0 spiro atoms. The van der Waals surface area contributed by atoms with Crippen molar-refractivity contribution in [3.63, 3.8) is 0 Å². The number of ether oxygens (including phenoxy) is 1. The zero-order chi connectivity index (χ0) is 20.9. The highest BCUT2D eigenvalue weighted by Gasteiger charge is 2.15. The number of methoxy groups -OCH3 is 1. The lowest BCUT2D eigenvalue weighted by atomic mass is 10.1. The Morgan fingerprint density at radius 3 is 2.50 bits per heavy atom. The Morgan fingerprint density at radius 1 is 1.18 bits per heavy atom. The molecule has 2 aromatic rings. The number of amides is 2. The number of rotatable bonds is 7. The molecule has 0 aromatic heterocycles. The van der Waals surface area contributed by atoms with Crippen molar-refractivity contribution in [2.45, 2.75) is 19.9 Å². The van der Waals surface area contributed by atoms with Crippen molar-refractivity contribution in [1.82, 2.24) is 5.32 Å². The largest absolute Gasteiger partial charge is 0.494 e. The van der Waals surface area contributed by atoms with Crippen LogP contribution in [0.4, 0.5) is 16.2 Å². The molecule has 0 bridgehead atoms. The van der Waals surface area contributed by atoms with Gasteiger partial charge in [-0.25, -0.2) is 13.2 Å². The number of benzene rings is 2. The molecule has 0 radical (unpaired) electrons. The van der Waals surface area contributed by atoms with E-state index in [1.54, 1.807) is 31.2 Å². The average molecular weight is 446 g/mol. The van der Waals surface area contributed by atoms with E-state index in [1.807, 2.05) is 0 Å². The predicted octanol–water partition coefficient (Wildman–Crippen LogP) is 4.65. The summed E-state index contributed by atoms with van der Waals surface area (Å²) in [6.07, 6.45) is 0. The highest BCUT2D eigenvalue weighted by atomic mass is 35.5. The molecule has 1 atom stereocenters. The minimum Gasteiger partial charge on any atom is -0.494 e. The third kappa shape index (κ3) is 5.92. The van der Waals surface area contributed by atoms with Crippen LogP contribution in [-0.2, 0) is 10.0 Å².